The van der Waals surface area contributed by atoms with E-state index in [1.807, 2.05) is 18.2 Å². The minimum atomic E-state index is -0.520. The third-order valence-corrected chi connectivity index (χ3v) is 3.62. The second-order valence-electron chi connectivity index (χ2n) is 5.17. The van der Waals surface area contributed by atoms with Crippen molar-refractivity contribution in [1.29, 1.82) is 0 Å². The molecule has 0 saturated carbocycles. The first-order chi connectivity index (χ1) is 11.1. The number of benzene rings is 1. The van der Waals surface area contributed by atoms with Gasteiger partial charge < -0.3 is 14.8 Å². The van der Waals surface area contributed by atoms with Gasteiger partial charge in [-0.1, -0.05) is 6.07 Å². The quantitative estimate of drug-likeness (QED) is 0.492. The third-order valence-electron chi connectivity index (χ3n) is 3.62. The summed E-state index contributed by atoms with van der Waals surface area (Å²) in [5.74, 6) is 0.0500. The number of nitrogens with one attached hydrogen (secondary N) is 1. The van der Waals surface area contributed by atoms with Crippen LogP contribution in [0.2, 0.25) is 0 Å². The second-order valence-corrected chi connectivity index (χ2v) is 5.17. The summed E-state index contributed by atoms with van der Waals surface area (Å²) in [6.45, 7) is 0.711. The molecule has 3 rings (SSSR count). The number of urea groups is 1. The van der Waals surface area contributed by atoms with Gasteiger partial charge in [0.25, 0.3) is 0 Å². The molecule has 0 atom stereocenters. The normalized spacial score (nSPS) is 16.4. The summed E-state index contributed by atoms with van der Waals surface area (Å²) in [7, 11) is 0. The van der Waals surface area contributed by atoms with E-state index in [4.69, 9.17) is 9.47 Å². The van der Waals surface area contributed by atoms with E-state index >= 15 is 0 Å². The number of carbonyl (C=O) groups is 3. The van der Waals surface area contributed by atoms with E-state index in [0.717, 1.165) is 28.2 Å². The van der Waals surface area contributed by atoms with Crippen LogP contribution in [0.25, 0.3) is 6.08 Å². The zero-order chi connectivity index (χ0) is 16.2. The van der Waals surface area contributed by atoms with Crippen LogP contribution in [-0.4, -0.2) is 49.1 Å². The largest absolute Gasteiger partial charge is 0.493 e. The lowest BCUT2D eigenvalue weighted by Crippen LogP contribution is -2.34. The van der Waals surface area contributed by atoms with Crippen LogP contribution in [0.3, 0.4) is 0 Å². The molecule has 1 saturated heterocycles. The maximum Gasteiger partial charge on any atom is 0.330 e. The van der Waals surface area contributed by atoms with Gasteiger partial charge in [0, 0.05) is 12.5 Å². The molecule has 0 aromatic heterocycles. The molecule has 120 valence electrons. The Morgan fingerprint density at radius 2 is 2.26 bits per heavy atom. The number of rotatable bonds is 5. The lowest BCUT2D eigenvalue weighted by atomic mass is 10.1. The number of hydrogen-bond donors (Lipinski definition) is 1. The Hall–Kier alpha value is -2.83. The van der Waals surface area contributed by atoms with Crippen molar-refractivity contribution >= 4 is 24.0 Å². The monoisotopic (exact) mass is 316 g/mol. The van der Waals surface area contributed by atoms with Gasteiger partial charge in [0.1, 0.15) is 12.4 Å². The average Bonchev–Trinajstić information content (AvgIpc) is 3.13. The number of imide groups is 1. The van der Waals surface area contributed by atoms with E-state index in [0.29, 0.717) is 6.61 Å². The summed E-state index contributed by atoms with van der Waals surface area (Å²) >= 11 is 0. The highest BCUT2D eigenvalue weighted by atomic mass is 16.5. The lowest BCUT2D eigenvalue weighted by Gasteiger charge is -2.11. The summed E-state index contributed by atoms with van der Waals surface area (Å²) in [6.07, 6.45) is 3.85. The van der Waals surface area contributed by atoms with Gasteiger partial charge in [0.2, 0.25) is 5.91 Å². The van der Waals surface area contributed by atoms with E-state index in [-0.39, 0.29) is 25.6 Å². The van der Waals surface area contributed by atoms with Crippen molar-refractivity contribution in [2.24, 2.45) is 0 Å². The summed E-state index contributed by atoms with van der Waals surface area (Å²) in [5, 5.41) is 2.40. The van der Waals surface area contributed by atoms with Crippen molar-refractivity contribution in [3.8, 4) is 5.75 Å². The molecule has 0 bridgehead atoms. The van der Waals surface area contributed by atoms with Crippen molar-refractivity contribution in [3.05, 3.63) is 35.4 Å². The number of fused-ring (bicyclic) bond motifs is 1. The number of ether oxygens (including phenoxy) is 2. The fourth-order valence-electron chi connectivity index (χ4n) is 2.44. The summed E-state index contributed by atoms with van der Waals surface area (Å²) in [4.78, 5) is 35.3. The second kappa shape index (κ2) is 6.51. The predicted molar refractivity (Wildman–Crippen MR) is 80.7 cm³/mol. The van der Waals surface area contributed by atoms with Crippen molar-refractivity contribution in [2.45, 2.75) is 6.42 Å². The molecule has 0 spiro atoms. The number of carbonyl (C=O) groups excluding carboxylic acids is 3. The molecule has 2 aliphatic rings. The van der Waals surface area contributed by atoms with E-state index in [1.165, 1.54) is 6.08 Å². The van der Waals surface area contributed by atoms with Crippen LogP contribution in [0.1, 0.15) is 11.1 Å². The van der Waals surface area contributed by atoms with Crippen LogP contribution in [0.5, 0.6) is 5.75 Å². The molecule has 2 heterocycles. The minimum Gasteiger partial charge on any atom is -0.493 e. The molecule has 1 aromatic carbocycles. The Morgan fingerprint density at radius 1 is 1.39 bits per heavy atom. The molecule has 1 aromatic rings. The maximum atomic E-state index is 11.6. The van der Waals surface area contributed by atoms with E-state index in [1.54, 1.807) is 6.08 Å². The van der Waals surface area contributed by atoms with Gasteiger partial charge in [-0.2, -0.15) is 0 Å². The van der Waals surface area contributed by atoms with Crippen molar-refractivity contribution in [1.82, 2.24) is 10.2 Å². The van der Waals surface area contributed by atoms with Crippen molar-refractivity contribution in [3.63, 3.8) is 0 Å². The molecule has 7 heteroatoms. The van der Waals surface area contributed by atoms with Gasteiger partial charge in [-0.25, -0.2) is 9.59 Å². The molecular weight excluding hydrogens is 300 g/mol. The molecule has 0 aliphatic carbocycles. The topological polar surface area (TPSA) is 84.9 Å². The Kier molecular flexibility index (Phi) is 4.27. The summed E-state index contributed by atoms with van der Waals surface area (Å²) in [6, 6.07) is 5.26. The van der Waals surface area contributed by atoms with Crippen LogP contribution in [-0.2, 0) is 20.7 Å². The lowest BCUT2D eigenvalue weighted by molar-refractivity contribution is -0.139. The fraction of sp³-hybridized carbons (Fsp3) is 0.312. The van der Waals surface area contributed by atoms with E-state index in [2.05, 4.69) is 5.32 Å². The predicted octanol–water partition coefficient (Wildman–Crippen LogP) is 0.730. The van der Waals surface area contributed by atoms with Gasteiger partial charge in [-0.3, -0.25) is 9.69 Å². The fourth-order valence-corrected chi connectivity index (χ4v) is 2.44. The van der Waals surface area contributed by atoms with E-state index < -0.39 is 12.0 Å². The first-order valence-electron chi connectivity index (χ1n) is 7.32. The maximum absolute atomic E-state index is 11.6. The van der Waals surface area contributed by atoms with Gasteiger partial charge >= 0.3 is 12.0 Å². The Labute approximate surface area is 132 Å². The van der Waals surface area contributed by atoms with Crippen molar-refractivity contribution < 1.29 is 23.9 Å². The van der Waals surface area contributed by atoms with E-state index in [9.17, 15) is 14.4 Å². The number of nitrogens with zero attached hydrogens (tertiary/aromatic N) is 1. The molecule has 23 heavy (non-hydrogen) atoms. The molecule has 0 unspecified atom stereocenters. The number of amides is 3. The van der Waals surface area contributed by atoms with Crippen molar-refractivity contribution in [2.75, 3.05) is 26.3 Å². The van der Waals surface area contributed by atoms with Crippen LogP contribution < -0.4 is 10.1 Å². The third kappa shape index (κ3) is 3.50. The zero-order valence-corrected chi connectivity index (χ0v) is 12.4. The number of esters is 1. The van der Waals surface area contributed by atoms with Crippen LogP contribution >= 0.6 is 0 Å². The molecular formula is C16H16N2O5. The highest BCUT2D eigenvalue weighted by Crippen LogP contribution is 2.26. The standard InChI is InChI=1S/C16H16N2O5/c19-14-10-17-16(21)18(14)6-8-23-15(20)4-2-11-1-3-13-12(9-11)5-7-22-13/h1-4,9H,5-8,10H2,(H,17,21)/b4-2+. The highest BCUT2D eigenvalue weighted by Gasteiger charge is 2.27. The summed E-state index contributed by atoms with van der Waals surface area (Å²) < 4.78 is 10.4. The van der Waals surface area contributed by atoms with Gasteiger partial charge in [0.05, 0.1) is 19.7 Å². The zero-order valence-electron chi connectivity index (χ0n) is 12.4. The molecule has 0 radical (unpaired) electrons. The van der Waals surface area contributed by atoms with Crippen LogP contribution in [0.15, 0.2) is 24.3 Å². The minimum absolute atomic E-state index is 0.00523. The number of hydrogen-bond acceptors (Lipinski definition) is 5. The van der Waals surface area contributed by atoms with Crippen LogP contribution in [0.4, 0.5) is 4.79 Å². The van der Waals surface area contributed by atoms with Gasteiger partial charge in [0.15, 0.2) is 0 Å². The van der Waals surface area contributed by atoms with Crippen LogP contribution in [0, 0.1) is 0 Å². The SMILES string of the molecule is O=C(/C=C/c1ccc2c(c1)CCO2)OCCN1C(=O)CNC1=O. The van der Waals surface area contributed by atoms with Gasteiger partial charge in [-0.05, 0) is 29.3 Å². The Bertz CT molecular complexity index is 667. The molecule has 7 nitrogen and oxygen atoms in total. The molecule has 3 amide bonds. The Balaban J connectivity index is 1.47. The molecule has 2 aliphatic heterocycles. The first-order valence-corrected chi connectivity index (χ1v) is 7.32. The Morgan fingerprint density at radius 3 is 3.04 bits per heavy atom. The first kappa shape index (κ1) is 15.1. The molecule has 1 fully saturated rings. The smallest absolute Gasteiger partial charge is 0.330 e. The summed E-state index contributed by atoms with van der Waals surface area (Å²) in [5.41, 5.74) is 2.01. The average molecular weight is 316 g/mol. The highest BCUT2D eigenvalue weighted by molar-refractivity contribution is 6.01. The van der Waals surface area contributed by atoms with Gasteiger partial charge in [-0.15, -0.1) is 0 Å². The molecule has 1 N–H and O–H groups in total.